The van der Waals surface area contributed by atoms with Crippen molar-refractivity contribution in [3.05, 3.63) is 77.1 Å². The number of carbonyl (C=O) groups is 1. The van der Waals surface area contributed by atoms with Crippen LogP contribution in [-0.4, -0.2) is 38.0 Å². The maximum absolute atomic E-state index is 13.7. The second-order valence-electron chi connectivity index (χ2n) is 8.02. The molecular formula is C24H19F3N6O2. The fourth-order valence-electron chi connectivity index (χ4n) is 4.30. The Hall–Kier alpha value is -4.28. The van der Waals surface area contributed by atoms with E-state index in [0.29, 0.717) is 22.7 Å². The van der Waals surface area contributed by atoms with Gasteiger partial charge in [0.25, 0.3) is 5.95 Å². The molecule has 2 aromatic carbocycles. The van der Waals surface area contributed by atoms with E-state index in [0.717, 1.165) is 11.6 Å². The number of hydrogen-bond acceptors (Lipinski definition) is 6. The molecule has 1 aliphatic rings. The number of anilines is 1. The van der Waals surface area contributed by atoms with E-state index < -0.39 is 23.6 Å². The summed E-state index contributed by atoms with van der Waals surface area (Å²) in [6, 6.07) is 12.4. The summed E-state index contributed by atoms with van der Waals surface area (Å²) in [7, 11) is 1.57. The number of rotatable bonds is 4. The number of nitrogens with one attached hydrogen (secondary N) is 1. The van der Waals surface area contributed by atoms with Gasteiger partial charge in [0.15, 0.2) is 0 Å². The molecule has 35 heavy (non-hydrogen) atoms. The van der Waals surface area contributed by atoms with Crippen LogP contribution < -0.4 is 10.1 Å². The zero-order chi connectivity index (χ0) is 24.7. The molecule has 0 bridgehead atoms. The Morgan fingerprint density at radius 1 is 1.11 bits per heavy atom. The Kier molecular flexibility index (Phi) is 5.46. The van der Waals surface area contributed by atoms with Gasteiger partial charge in [-0.2, -0.15) is 28.1 Å². The molecule has 1 aliphatic heterocycles. The van der Waals surface area contributed by atoms with Gasteiger partial charge < -0.3 is 10.1 Å². The number of halogens is 3. The first kappa shape index (κ1) is 22.5. The van der Waals surface area contributed by atoms with Crippen molar-refractivity contribution in [3.63, 3.8) is 0 Å². The lowest BCUT2D eigenvalue weighted by atomic mass is 9.83. The minimum absolute atomic E-state index is 0.0183. The quantitative estimate of drug-likeness (QED) is 0.461. The molecule has 8 nitrogen and oxygen atoms in total. The Morgan fingerprint density at radius 3 is 2.57 bits per heavy atom. The van der Waals surface area contributed by atoms with Crippen LogP contribution in [-0.2, 0) is 11.0 Å². The van der Waals surface area contributed by atoms with E-state index in [-0.39, 0.29) is 23.8 Å². The van der Waals surface area contributed by atoms with Crippen molar-refractivity contribution in [3.8, 4) is 23.0 Å². The number of aromatic nitrogens is 5. The first-order chi connectivity index (χ1) is 16.8. The van der Waals surface area contributed by atoms with Crippen LogP contribution in [0.3, 0.4) is 0 Å². The maximum atomic E-state index is 13.7. The van der Waals surface area contributed by atoms with E-state index in [1.807, 2.05) is 12.1 Å². The van der Waals surface area contributed by atoms with E-state index in [1.54, 1.807) is 26.2 Å². The molecule has 1 atom stereocenters. The Morgan fingerprint density at radius 2 is 1.86 bits per heavy atom. The molecule has 2 aromatic heterocycles. The van der Waals surface area contributed by atoms with Crippen LogP contribution in [0.4, 0.5) is 19.0 Å². The molecule has 0 saturated carbocycles. The zero-order valence-electron chi connectivity index (χ0n) is 18.7. The van der Waals surface area contributed by atoms with Crippen molar-refractivity contribution in [2.45, 2.75) is 25.4 Å². The van der Waals surface area contributed by atoms with Gasteiger partial charge in [-0.05, 0) is 42.8 Å². The van der Waals surface area contributed by atoms with Crippen LogP contribution in [0.1, 0.15) is 34.7 Å². The topological polar surface area (TPSA) is 94.8 Å². The van der Waals surface area contributed by atoms with E-state index >= 15 is 0 Å². The van der Waals surface area contributed by atoms with Crippen LogP contribution in [0.2, 0.25) is 0 Å². The summed E-state index contributed by atoms with van der Waals surface area (Å²) < 4.78 is 47.7. The highest BCUT2D eigenvalue weighted by Gasteiger charge is 2.39. The zero-order valence-corrected chi connectivity index (χ0v) is 18.7. The summed E-state index contributed by atoms with van der Waals surface area (Å²) in [6.45, 7) is 1.68. The number of aryl methyl sites for hydroxylation is 1. The van der Waals surface area contributed by atoms with Gasteiger partial charge in [-0.25, -0.2) is 4.98 Å². The fraction of sp³-hybridized carbons (Fsp3) is 0.208. The number of ether oxygens (including phenoxy) is 1. The highest BCUT2D eigenvalue weighted by Crippen LogP contribution is 2.44. The van der Waals surface area contributed by atoms with Gasteiger partial charge in [0, 0.05) is 23.5 Å². The number of alkyl halides is 3. The molecule has 0 fully saturated rings. The molecule has 1 unspecified atom stereocenters. The molecule has 11 heteroatoms. The minimum atomic E-state index is -4.56. The third kappa shape index (κ3) is 4.09. The molecular weight excluding hydrogens is 461 g/mol. The number of fused-ring (bicyclic) bond motifs is 1. The smallest absolute Gasteiger partial charge is 0.416 e. The summed E-state index contributed by atoms with van der Waals surface area (Å²) in [4.78, 5) is 17.1. The molecule has 5 rings (SSSR count). The molecule has 4 aromatic rings. The van der Waals surface area contributed by atoms with Gasteiger partial charge in [-0.15, -0.1) is 5.10 Å². The van der Waals surface area contributed by atoms with Gasteiger partial charge in [0.2, 0.25) is 5.91 Å². The van der Waals surface area contributed by atoms with Crippen molar-refractivity contribution in [2.75, 3.05) is 12.4 Å². The number of amides is 1. The third-order valence-corrected chi connectivity index (χ3v) is 5.87. The first-order valence-corrected chi connectivity index (χ1v) is 10.7. The highest BCUT2D eigenvalue weighted by atomic mass is 19.4. The van der Waals surface area contributed by atoms with E-state index in [2.05, 4.69) is 25.6 Å². The summed E-state index contributed by atoms with van der Waals surface area (Å²) in [6.07, 6.45) is -3.22. The van der Waals surface area contributed by atoms with Gasteiger partial charge in [0.1, 0.15) is 11.6 Å². The molecule has 0 saturated heterocycles. The van der Waals surface area contributed by atoms with E-state index in [9.17, 15) is 18.0 Å². The average Bonchev–Trinajstić information content (AvgIpc) is 3.19. The number of benzene rings is 2. The molecule has 1 amide bonds. The lowest BCUT2D eigenvalue weighted by Crippen LogP contribution is -2.26. The summed E-state index contributed by atoms with van der Waals surface area (Å²) in [5, 5.41) is 15.3. The SMILES string of the molecule is COc1ccc(-c2cnnc(-n3nc(C)c4c3NC(=O)CC4c3ccccc3C(F)(F)F)n2)cc1. The highest BCUT2D eigenvalue weighted by molar-refractivity contribution is 5.95. The molecule has 0 aliphatic carbocycles. The average molecular weight is 480 g/mol. The standard InChI is InChI=1S/C24H19F3N6O2/c1-13-21-17(16-5-3-4-6-18(16)24(25,26)27)11-20(34)30-22(21)33(32-13)23-29-19(12-28-31-23)14-7-9-15(35-2)10-8-14/h3-10,12,17H,11H2,1-2H3,(H,30,34). The fourth-order valence-corrected chi connectivity index (χ4v) is 4.30. The monoisotopic (exact) mass is 480 g/mol. The van der Waals surface area contributed by atoms with Crippen molar-refractivity contribution >= 4 is 11.7 Å². The Labute approximate surface area is 197 Å². The van der Waals surface area contributed by atoms with Crippen LogP contribution in [0.5, 0.6) is 5.75 Å². The third-order valence-electron chi connectivity index (χ3n) is 5.87. The summed E-state index contributed by atoms with van der Waals surface area (Å²) in [5.41, 5.74) is 1.43. The van der Waals surface area contributed by atoms with Gasteiger partial charge >= 0.3 is 6.18 Å². The maximum Gasteiger partial charge on any atom is 0.416 e. The molecule has 178 valence electrons. The van der Waals surface area contributed by atoms with Crippen LogP contribution in [0, 0.1) is 6.92 Å². The van der Waals surface area contributed by atoms with E-state index in [4.69, 9.17) is 4.74 Å². The van der Waals surface area contributed by atoms with Gasteiger partial charge in [0.05, 0.1) is 30.3 Å². The summed E-state index contributed by atoms with van der Waals surface area (Å²) >= 11 is 0. The van der Waals surface area contributed by atoms with Crippen molar-refractivity contribution in [1.29, 1.82) is 0 Å². The molecule has 0 spiro atoms. The Balaban J connectivity index is 1.61. The second kappa shape index (κ2) is 8.49. The normalized spacial score (nSPS) is 15.5. The first-order valence-electron chi connectivity index (χ1n) is 10.7. The minimum Gasteiger partial charge on any atom is -0.497 e. The van der Waals surface area contributed by atoms with Crippen molar-refractivity contribution in [1.82, 2.24) is 25.0 Å². The van der Waals surface area contributed by atoms with Crippen molar-refractivity contribution in [2.24, 2.45) is 0 Å². The van der Waals surface area contributed by atoms with E-state index in [1.165, 1.54) is 29.1 Å². The lowest BCUT2D eigenvalue weighted by Gasteiger charge is -2.26. The number of methoxy groups -OCH3 is 1. The molecule has 1 N–H and O–H groups in total. The van der Waals surface area contributed by atoms with Crippen molar-refractivity contribution < 1.29 is 22.7 Å². The van der Waals surface area contributed by atoms with Crippen LogP contribution >= 0.6 is 0 Å². The van der Waals surface area contributed by atoms with Crippen LogP contribution in [0.25, 0.3) is 17.2 Å². The molecule has 3 heterocycles. The lowest BCUT2D eigenvalue weighted by molar-refractivity contribution is -0.138. The predicted octanol–water partition coefficient (Wildman–Crippen LogP) is 4.53. The van der Waals surface area contributed by atoms with Gasteiger partial charge in [-0.1, -0.05) is 18.2 Å². The predicted molar refractivity (Wildman–Crippen MR) is 120 cm³/mol. The van der Waals surface area contributed by atoms with Crippen LogP contribution in [0.15, 0.2) is 54.7 Å². The largest absolute Gasteiger partial charge is 0.497 e. The Bertz CT molecular complexity index is 1420. The second-order valence-corrected chi connectivity index (χ2v) is 8.02. The number of hydrogen-bond donors (Lipinski definition) is 1. The summed E-state index contributed by atoms with van der Waals surface area (Å²) in [5.74, 6) is -0.272. The van der Waals surface area contributed by atoms with Gasteiger partial charge in [-0.3, -0.25) is 4.79 Å². The number of nitrogens with zero attached hydrogens (tertiary/aromatic N) is 5. The molecule has 0 radical (unpaired) electrons. The number of carbonyl (C=O) groups excluding carboxylic acids is 1.